The van der Waals surface area contributed by atoms with Crippen LogP contribution in [0.25, 0.3) is 0 Å². The van der Waals surface area contributed by atoms with Crippen molar-refractivity contribution in [3.05, 3.63) is 11.6 Å². The number of carbonyl (C=O) groups excluding carboxylic acids is 3. The van der Waals surface area contributed by atoms with Gasteiger partial charge in [0.1, 0.15) is 6.04 Å². The number of thiazole rings is 1. The molecule has 0 saturated heterocycles. The van der Waals surface area contributed by atoms with Crippen LogP contribution in [-0.2, 0) is 24.4 Å². The number of aliphatic imine (C=N–C) groups is 1. The van der Waals surface area contributed by atoms with E-state index in [2.05, 4.69) is 20.6 Å². The van der Waals surface area contributed by atoms with Gasteiger partial charge in [0.25, 0.3) is 0 Å². The largest absolute Gasteiger partial charge is 0.389 e. The Hall–Kier alpha value is -2.99. The number of hydrogen-bond acceptors (Lipinski definition) is 9. The Morgan fingerprint density at radius 1 is 1.25 bits per heavy atom. The summed E-state index contributed by atoms with van der Waals surface area (Å²) in [5.41, 5.74) is 5.54. The van der Waals surface area contributed by atoms with Crippen molar-refractivity contribution < 1.29 is 41.2 Å². The number of nitrogens with one attached hydrogen (secondary N) is 3. The maximum atomic E-state index is 13.5. The lowest BCUT2D eigenvalue weighted by Crippen LogP contribution is -2.53. The number of anilines is 1. The molecule has 13 nitrogen and oxygen atoms in total. The highest BCUT2D eigenvalue weighted by atomic mass is 32.2. The van der Waals surface area contributed by atoms with Crippen molar-refractivity contribution in [1.82, 2.24) is 20.1 Å². The first-order valence-corrected chi connectivity index (χ1v) is 15.0. The third-order valence-electron chi connectivity index (χ3n) is 5.67. The summed E-state index contributed by atoms with van der Waals surface area (Å²) < 4.78 is 63.5. The number of hydroxylamine groups is 2. The maximum Gasteiger partial charge on any atom is 0.389 e. The maximum absolute atomic E-state index is 13.5. The van der Waals surface area contributed by atoms with E-state index in [0.29, 0.717) is 0 Å². The first kappa shape index (κ1) is 35.0. The number of nitrogens with zero attached hydrogens (tertiary/aromatic N) is 3. The zero-order chi connectivity index (χ0) is 30.7. The van der Waals surface area contributed by atoms with Gasteiger partial charge in [-0.15, -0.1) is 11.3 Å². The lowest BCUT2D eigenvalue weighted by Gasteiger charge is -2.33. The van der Waals surface area contributed by atoms with Crippen molar-refractivity contribution in [2.24, 2.45) is 28.5 Å². The van der Waals surface area contributed by atoms with E-state index < -0.39 is 64.8 Å². The van der Waals surface area contributed by atoms with Gasteiger partial charge in [0.15, 0.2) is 5.13 Å². The molecule has 228 valence electrons. The lowest BCUT2D eigenvalue weighted by molar-refractivity contribution is -0.178. The molecule has 1 aromatic heterocycles. The molecular formula is C22H36F3N7O6S2. The van der Waals surface area contributed by atoms with Crippen LogP contribution in [0.2, 0.25) is 0 Å². The van der Waals surface area contributed by atoms with Crippen molar-refractivity contribution in [2.45, 2.75) is 64.7 Å². The number of nitrogens with two attached hydrogens (primary N) is 1. The van der Waals surface area contributed by atoms with Gasteiger partial charge in [0.05, 0.1) is 18.2 Å². The second kappa shape index (κ2) is 15.7. The Morgan fingerprint density at radius 2 is 1.90 bits per heavy atom. The molecule has 0 aromatic carbocycles. The fourth-order valence-corrected chi connectivity index (χ4v) is 4.80. The summed E-state index contributed by atoms with van der Waals surface area (Å²) in [6.45, 7) is 4.99. The van der Waals surface area contributed by atoms with Crippen LogP contribution < -0.4 is 21.1 Å². The van der Waals surface area contributed by atoms with Gasteiger partial charge < -0.3 is 16.4 Å². The van der Waals surface area contributed by atoms with Crippen molar-refractivity contribution in [3.63, 3.8) is 0 Å². The molecule has 0 bridgehead atoms. The normalized spacial score (nSPS) is 15.6. The number of hydrogen-bond donors (Lipinski definition) is 5. The van der Waals surface area contributed by atoms with E-state index in [0.717, 1.165) is 17.6 Å². The van der Waals surface area contributed by atoms with Crippen LogP contribution >= 0.6 is 11.3 Å². The van der Waals surface area contributed by atoms with E-state index in [-0.39, 0.29) is 47.9 Å². The van der Waals surface area contributed by atoms with Gasteiger partial charge in [0.2, 0.25) is 34.2 Å². The van der Waals surface area contributed by atoms with Crippen molar-refractivity contribution in [3.8, 4) is 0 Å². The Balaban J connectivity index is 3.24. The van der Waals surface area contributed by atoms with Crippen LogP contribution in [0.3, 0.4) is 0 Å². The Kier molecular flexibility index (Phi) is 13.8. The molecule has 0 aliphatic heterocycles. The first-order valence-electron chi connectivity index (χ1n) is 12.2. The van der Waals surface area contributed by atoms with Crippen LogP contribution in [-0.4, -0.2) is 78.9 Å². The van der Waals surface area contributed by atoms with Crippen LogP contribution in [0, 0.1) is 17.8 Å². The minimum absolute atomic E-state index is 0.00639. The Labute approximate surface area is 234 Å². The third kappa shape index (κ3) is 13.4. The summed E-state index contributed by atoms with van der Waals surface area (Å²) in [7, 11) is -3.65. The Bertz CT molecular complexity index is 1100. The van der Waals surface area contributed by atoms with Gasteiger partial charge in [-0.2, -0.15) is 13.2 Å². The zero-order valence-electron chi connectivity index (χ0n) is 22.5. The summed E-state index contributed by atoms with van der Waals surface area (Å²) in [6, 6.07) is -2.75. The summed E-state index contributed by atoms with van der Waals surface area (Å²) in [4.78, 5) is 45.8. The van der Waals surface area contributed by atoms with Crippen molar-refractivity contribution in [2.75, 3.05) is 18.1 Å². The lowest BCUT2D eigenvalue weighted by atomic mass is 9.86. The summed E-state index contributed by atoms with van der Waals surface area (Å²) in [5.74, 6) is -4.02. The number of halogens is 3. The molecule has 0 fully saturated rings. The fourth-order valence-electron chi connectivity index (χ4n) is 3.83. The summed E-state index contributed by atoms with van der Waals surface area (Å²) >= 11 is 1.12. The third-order valence-corrected chi connectivity index (χ3v) is 6.93. The standard InChI is InChI=1S/C22H36F3N7O6S2/c1-13(2)11-15(16(32(36)12-33)5-7-22(23,24)25)18(34)29-17(19(35)30-21-28-9-10-39-21)14(3)6-8-27-20(26)31-40(4,37)38/h9-10,12-17,36H,5-8,11H2,1-4H3,(H,29,34)(H3,26,27,31)(H,28,30,35)/t14-,15+,16+,17+/m1/s1. The molecule has 18 heteroatoms. The molecule has 3 amide bonds. The highest BCUT2D eigenvalue weighted by Crippen LogP contribution is 2.29. The van der Waals surface area contributed by atoms with Crippen LogP contribution in [0.5, 0.6) is 0 Å². The second-order valence-electron chi connectivity index (χ2n) is 9.66. The molecule has 40 heavy (non-hydrogen) atoms. The minimum Gasteiger partial charge on any atom is -0.369 e. The fraction of sp³-hybridized carbons (Fsp3) is 0.682. The molecule has 1 heterocycles. The van der Waals surface area contributed by atoms with Crippen molar-refractivity contribution >= 4 is 50.7 Å². The molecule has 0 radical (unpaired) electrons. The highest BCUT2D eigenvalue weighted by Gasteiger charge is 2.39. The van der Waals surface area contributed by atoms with Gasteiger partial charge in [-0.3, -0.25) is 29.3 Å². The molecule has 0 aliphatic carbocycles. The average molecular weight is 616 g/mol. The van der Waals surface area contributed by atoms with Gasteiger partial charge in [-0.05, 0) is 31.1 Å². The smallest absolute Gasteiger partial charge is 0.369 e. The zero-order valence-corrected chi connectivity index (χ0v) is 24.1. The molecule has 0 unspecified atom stereocenters. The molecule has 4 atom stereocenters. The number of sulfonamides is 1. The number of rotatable bonds is 16. The predicted octanol–water partition coefficient (Wildman–Crippen LogP) is 1.68. The quantitative estimate of drug-likeness (QED) is 0.0609. The number of alkyl halides is 3. The second-order valence-corrected chi connectivity index (χ2v) is 12.3. The molecule has 0 spiro atoms. The van der Waals surface area contributed by atoms with E-state index >= 15 is 0 Å². The minimum atomic E-state index is -4.60. The van der Waals surface area contributed by atoms with Crippen LogP contribution in [0.1, 0.15) is 46.5 Å². The molecule has 6 N–H and O–H groups in total. The van der Waals surface area contributed by atoms with E-state index in [4.69, 9.17) is 5.73 Å². The van der Waals surface area contributed by atoms with Gasteiger partial charge in [-0.1, -0.05) is 20.8 Å². The van der Waals surface area contributed by atoms with Crippen LogP contribution in [0.4, 0.5) is 18.3 Å². The molecule has 1 rings (SSSR count). The van der Waals surface area contributed by atoms with E-state index in [1.165, 1.54) is 6.20 Å². The number of aromatic nitrogens is 1. The van der Waals surface area contributed by atoms with Crippen molar-refractivity contribution in [1.29, 1.82) is 0 Å². The summed E-state index contributed by atoms with van der Waals surface area (Å²) in [5, 5.41) is 17.1. The topological polar surface area (TPSA) is 196 Å². The summed E-state index contributed by atoms with van der Waals surface area (Å²) in [6.07, 6.45) is -4.28. The highest BCUT2D eigenvalue weighted by molar-refractivity contribution is 7.89. The average Bonchev–Trinajstić information content (AvgIpc) is 3.32. The predicted molar refractivity (Wildman–Crippen MR) is 143 cm³/mol. The monoisotopic (exact) mass is 615 g/mol. The van der Waals surface area contributed by atoms with Crippen LogP contribution in [0.15, 0.2) is 16.6 Å². The first-order chi connectivity index (χ1) is 18.4. The molecule has 0 aliphatic rings. The van der Waals surface area contributed by atoms with Gasteiger partial charge in [-0.25, -0.2) is 18.5 Å². The SMILES string of the molecule is CC(C)C[C@H](C(=O)N[C@H](C(=O)Nc1nccs1)[C@H](C)CCN=C(N)NS(C)(=O)=O)[C@H](CCC(F)(F)F)N(O)C=O. The number of guanidine groups is 1. The molecule has 0 saturated carbocycles. The van der Waals surface area contributed by atoms with E-state index in [1.54, 1.807) is 26.2 Å². The van der Waals surface area contributed by atoms with E-state index in [9.17, 15) is 41.2 Å². The number of amides is 3. The number of carbonyl (C=O) groups is 3. The molecule has 1 aromatic rings. The van der Waals surface area contributed by atoms with Gasteiger partial charge in [0, 0.05) is 24.5 Å². The van der Waals surface area contributed by atoms with Gasteiger partial charge >= 0.3 is 6.18 Å². The van der Waals surface area contributed by atoms with E-state index in [1.807, 2.05) is 4.72 Å². The Morgan fingerprint density at radius 3 is 2.40 bits per heavy atom. The molecular weight excluding hydrogens is 579 g/mol.